The van der Waals surface area contributed by atoms with Gasteiger partial charge in [0.05, 0.1) is 5.60 Å². The third kappa shape index (κ3) is 3.37. The molecular formula is C17H32N2O. The van der Waals surface area contributed by atoms with Crippen LogP contribution in [0.4, 0.5) is 0 Å². The Hall–Kier alpha value is -0.120. The molecule has 0 aromatic carbocycles. The van der Waals surface area contributed by atoms with Gasteiger partial charge in [-0.05, 0) is 51.6 Å². The molecule has 1 N–H and O–H groups in total. The zero-order valence-electron chi connectivity index (χ0n) is 13.2. The van der Waals surface area contributed by atoms with Gasteiger partial charge in [-0.3, -0.25) is 4.90 Å². The van der Waals surface area contributed by atoms with Crippen LogP contribution in [0.3, 0.4) is 0 Å². The highest BCUT2D eigenvalue weighted by Gasteiger charge is 2.38. The van der Waals surface area contributed by atoms with Crippen LogP contribution in [0.5, 0.6) is 0 Å². The fraction of sp³-hybridized carbons (Fsp3) is 1.00. The molecule has 1 spiro atoms. The summed E-state index contributed by atoms with van der Waals surface area (Å²) in [7, 11) is 0. The Morgan fingerprint density at radius 3 is 2.80 bits per heavy atom. The molecule has 0 aromatic heterocycles. The Labute approximate surface area is 124 Å². The summed E-state index contributed by atoms with van der Waals surface area (Å²) < 4.78 is 6.20. The van der Waals surface area contributed by atoms with Crippen LogP contribution in [0, 0.1) is 0 Å². The van der Waals surface area contributed by atoms with Crippen LogP contribution in [0.2, 0.25) is 0 Å². The Morgan fingerprint density at radius 1 is 1.15 bits per heavy atom. The molecule has 0 bridgehead atoms. The average molecular weight is 280 g/mol. The first-order valence-corrected chi connectivity index (χ1v) is 8.93. The van der Waals surface area contributed by atoms with E-state index in [9.17, 15) is 0 Å². The van der Waals surface area contributed by atoms with Gasteiger partial charge < -0.3 is 10.1 Å². The zero-order chi connectivity index (χ0) is 13.8. The Bertz CT molecular complexity index is 296. The highest BCUT2D eigenvalue weighted by Crippen LogP contribution is 2.38. The average Bonchev–Trinajstić information content (AvgIpc) is 2.93. The van der Waals surface area contributed by atoms with Gasteiger partial charge in [0, 0.05) is 25.2 Å². The monoisotopic (exact) mass is 280 g/mol. The molecule has 0 radical (unpaired) electrons. The maximum absolute atomic E-state index is 6.20. The molecule has 116 valence electrons. The van der Waals surface area contributed by atoms with Crippen molar-refractivity contribution in [2.45, 2.75) is 82.4 Å². The fourth-order valence-electron chi connectivity index (χ4n) is 4.59. The Morgan fingerprint density at radius 2 is 2.00 bits per heavy atom. The number of rotatable bonds is 4. The molecule has 3 heteroatoms. The quantitative estimate of drug-likeness (QED) is 0.857. The maximum Gasteiger partial charge on any atom is 0.0697 e. The van der Waals surface area contributed by atoms with Gasteiger partial charge in [0.25, 0.3) is 0 Å². The summed E-state index contributed by atoms with van der Waals surface area (Å²) in [5.74, 6) is 0. The van der Waals surface area contributed by atoms with Gasteiger partial charge in [0.15, 0.2) is 0 Å². The van der Waals surface area contributed by atoms with Crippen molar-refractivity contribution in [3.63, 3.8) is 0 Å². The number of likely N-dealkylation sites (N-methyl/N-ethyl adjacent to an activating group) is 1. The standard InChI is InChI=1S/C17H32N2O/c1-2-19-11-6-7-16(19)14-18-15-8-12-20-17(13-15)9-4-3-5-10-17/h15-16,18H,2-14H2,1H3. The molecule has 20 heavy (non-hydrogen) atoms. The van der Waals surface area contributed by atoms with E-state index in [2.05, 4.69) is 17.1 Å². The smallest absolute Gasteiger partial charge is 0.0697 e. The van der Waals surface area contributed by atoms with Crippen LogP contribution in [-0.2, 0) is 4.74 Å². The largest absolute Gasteiger partial charge is 0.375 e. The highest BCUT2D eigenvalue weighted by atomic mass is 16.5. The second-order valence-corrected chi connectivity index (χ2v) is 7.11. The summed E-state index contributed by atoms with van der Waals surface area (Å²) in [5, 5.41) is 3.88. The van der Waals surface area contributed by atoms with Crippen molar-refractivity contribution in [1.29, 1.82) is 0 Å². The predicted molar refractivity (Wildman–Crippen MR) is 83.1 cm³/mol. The van der Waals surface area contributed by atoms with Crippen molar-refractivity contribution in [3.05, 3.63) is 0 Å². The van der Waals surface area contributed by atoms with Crippen LogP contribution in [0.15, 0.2) is 0 Å². The molecule has 0 amide bonds. The normalized spacial score (nSPS) is 34.6. The molecule has 2 saturated heterocycles. The lowest BCUT2D eigenvalue weighted by Crippen LogP contribution is -2.50. The number of likely N-dealkylation sites (tertiary alicyclic amines) is 1. The molecule has 1 aliphatic carbocycles. The lowest BCUT2D eigenvalue weighted by atomic mass is 9.78. The summed E-state index contributed by atoms with van der Waals surface area (Å²) >= 11 is 0. The highest BCUT2D eigenvalue weighted by molar-refractivity contribution is 4.93. The molecule has 3 fully saturated rings. The minimum Gasteiger partial charge on any atom is -0.375 e. The van der Waals surface area contributed by atoms with Crippen molar-refractivity contribution >= 4 is 0 Å². The van der Waals surface area contributed by atoms with Gasteiger partial charge in [-0.2, -0.15) is 0 Å². The summed E-state index contributed by atoms with van der Waals surface area (Å²) in [6.45, 7) is 6.98. The molecule has 1 saturated carbocycles. The van der Waals surface area contributed by atoms with E-state index in [1.54, 1.807) is 0 Å². The van der Waals surface area contributed by atoms with Crippen molar-refractivity contribution in [1.82, 2.24) is 10.2 Å². The summed E-state index contributed by atoms with van der Waals surface area (Å²) in [4.78, 5) is 2.64. The summed E-state index contributed by atoms with van der Waals surface area (Å²) in [6.07, 6.45) is 12.0. The van der Waals surface area contributed by atoms with Crippen LogP contribution >= 0.6 is 0 Å². The minimum atomic E-state index is 0.244. The van der Waals surface area contributed by atoms with Gasteiger partial charge in [0.1, 0.15) is 0 Å². The van der Waals surface area contributed by atoms with Gasteiger partial charge in [-0.25, -0.2) is 0 Å². The van der Waals surface area contributed by atoms with E-state index in [0.717, 1.165) is 12.6 Å². The van der Waals surface area contributed by atoms with E-state index in [-0.39, 0.29) is 5.60 Å². The predicted octanol–water partition coefficient (Wildman–Crippen LogP) is 2.94. The van der Waals surface area contributed by atoms with Gasteiger partial charge in [-0.1, -0.05) is 26.2 Å². The molecule has 3 nitrogen and oxygen atoms in total. The SMILES string of the molecule is CCN1CCCC1CNC1CCOC2(CCCCC2)C1. The van der Waals surface area contributed by atoms with Crippen LogP contribution < -0.4 is 5.32 Å². The second-order valence-electron chi connectivity index (χ2n) is 7.11. The number of hydrogen-bond donors (Lipinski definition) is 1. The number of nitrogens with one attached hydrogen (secondary N) is 1. The van der Waals surface area contributed by atoms with Gasteiger partial charge in [0.2, 0.25) is 0 Å². The number of nitrogens with zero attached hydrogens (tertiary/aromatic N) is 1. The third-order valence-electron chi connectivity index (χ3n) is 5.81. The van der Waals surface area contributed by atoms with Crippen molar-refractivity contribution in [3.8, 4) is 0 Å². The number of hydrogen-bond acceptors (Lipinski definition) is 3. The van der Waals surface area contributed by atoms with E-state index < -0.39 is 0 Å². The minimum absolute atomic E-state index is 0.244. The first kappa shape index (κ1) is 14.8. The molecule has 0 aromatic rings. The molecule has 3 rings (SSSR count). The lowest BCUT2D eigenvalue weighted by molar-refractivity contribution is -0.109. The molecular weight excluding hydrogens is 248 g/mol. The first-order valence-electron chi connectivity index (χ1n) is 8.93. The molecule has 2 aliphatic heterocycles. The van der Waals surface area contributed by atoms with Crippen molar-refractivity contribution < 1.29 is 4.74 Å². The van der Waals surface area contributed by atoms with E-state index in [1.165, 1.54) is 77.4 Å². The zero-order valence-corrected chi connectivity index (χ0v) is 13.2. The summed E-state index contributed by atoms with van der Waals surface area (Å²) in [5.41, 5.74) is 0.244. The van der Waals surface area contributed by atoms with E-state index in [0.29, 0.717) is 6.04 Å². The Balaban J connectivity index is 1.47. The summed E-state index contributed by atoms with van der Waals surface area (Å²) in [6, 6.07) is 1.48. The topological polar surface area (TPSA) is 24.5 Å². The Kier molecular flexibility index (Phi) is 5.00. The van der Waals surface area contributed by atoms with Gasteiger partial charge >= 0.3 is 0 Å². The molecule has 2 atom stereocenters. The van der Waals surface area contributed by atoms with Crippen molar-refractivity contribution in [2.24, 2.45) is 0 Å². The van der Waals surface area contributed by atoms with E-state index in [4.69, 9.17) is 4.74 Å². The maximum atomic E-state index is 6.20. The second kappa shape index (κ2) is 6.76. The van der Waals surface area contributed by atoms with E-state index in [1.807, 2.05) is 0 Å². The fourth-order valence-corrected chi connectivity index (χ4v) is 4.59. The lowest BCUT2D eigenvalue weighted by Gasteiger charge is -2.44. The third-order valence-corrected chi connectivity index (χ3v) is 5.81. The number of ether oxygens (including phenoxy) is 1. The van der Waals surface area contributed by atoms with E-state index >= 15 is 0 Å². The van der Waals surface area contributed by atoms with Crippen LogP contribution in [0.25, 0.3) is 0 Å². The molecule has 2 unspecified atom stereocenters. The first-order chi connectivity index (χ1) is 9.81. The van der Waals surface area contributed by atoms with Crippen LogP contribution in [-0.4, -0.2) is 48.8 Å². The molecule has 3 aliphatic rings. The molecule has 2 heterocycles. The van der Waals surface area contributed by atoms with Crippen LogP contribution in [0.1, 0.15) is 64.7 Å². The van der Waals surface area contributed by atoms with Crippen molar-refractivity contribution in [2.75, 3.05) is 26.2 Å². The van der Waals surface area contributed by atoms with Gasteiger partial charge in [-0.15, -0.1) is 0 Å².